The van der Waals surface area contributed by atoms with Crippen LogP contribution in [-0.4, -0.2) is 33.3 Å². The van der Waals surface area contributed by atoms with Gasteiger partial charge >= 0.3 is 0 Å². The molecule has 0 saturated heterocycles. The molecule has 0 atom stereocenters. The Kier molecular flexibility index (Phi) is 5.94. The van der Waals surface area contributed by atoms with Gasteiger partial charge in [0.15, 0.2) is 0 Å². The van der Waals surface area contributed by atoms with Crippen molar-refractivity contribution in [3.8, 4) is 22.9 Å². The number of benzene rings is 2. The molecule has 1 N–H and O–H groups in total. The Morgan fingerprint density at radius 1 is 0.846 bits per heavy atom. The molecule has 6 nitrogen and oxygen atoms in total. The zero-order valence-electron chi connectivity index (χ0n) is 15.3. The fraction of sp³-hybridized carbons (Fsp3) is 0.400. The maximum atomic E-state index is 10.3. The monoisotopic (exact) mass is 355 g/mol. The molecule has 3 aromatic rings. The summed E-state index contributed by atoms with van der Waals surface area (Å²) in [7, 11) is 0. The molecule has 0 bridgehead atoms. The Balaban J connectivity index is 1.77. The van der Waals surface area contributed by atoms with Crippen LogP contribution in [0.25, 0.3) is 16.7 Å². The van der Waals surface area contributed by atoms with Gasteiger partial charge in [-0.3, -0.25) is 0 Å². The number of phenolic OH excluding ortho intramolecular Hbond substituents is 1. The van der Waals surface area contributed by atoms with E-state index in [9.17, 15) is 5.11 Å². The molecule has 2 aromatic carbocycles. The number of nitrogens with zero attached hydrogens (tertiary/aromatic N) is 3. The number of ether oxygens (including phenoxy) is 2. The molecular formula is C20H25N3O3. The summed E-state index contributed by atoms with van der Waals surface area (Å²) in [5, 5.41) is 19.2. The minimum atomic E-state index is 0.0840. The highest BCUT2D eigenvalue weighted by Crippen LogP contribution is 2.27. The predicted molar refractivity (Wildman–Crippen MR) is 101 cm³/mol. The van der Waals surface area contributed by atoms with E-state index in [1.165, 1.54) is 4.80 Å². The highest BCUT2D eigenvalue weighted by molar-refractivity contribution is 5.75. The highest BCUT2D eigenvalue weighted by atomic mass is 16.5. The average Bonchev–Trinajstić information content (AvgIpc) is 3.06. The van der Waals surface area contributed by atoms with Crippen molar-refractivity contribution in [1.29, 1.82) is 0 Å². The molecule has 26 heavy (non-hydrogen) atoms. The van der Waals surface area contributed by atoms with Crippen molar-refractivity contribution >= 4 is 11.0 Å². The zero-order chi connectivity index (χ0) is 18.4. The van der Waals surface area contributed by atoms with Gasteiger partial charge in [0.05, 0.1) is 13.2 Å². The summed E-state index contributed by atoms with van der Waals surface area (Å²) in [5.41, 5.74) is 1.98. The summed E-state index contributed by atoms with van der Waals surface area (Å²) in [6.07, 6.45) is 4.24. The largest absolute Gasteiger partial charge is 0.505 e. The zero-order valence-corrected chi connectivity index (χ0v) is 15.3. The molecule has 0 fully saturated rings. The van der Waals surface area contributed by atoms with Crippen molar-refractivity contribution in [3.63, 3.8) is 0 Å². The topological polar surface area (TPSA) is 69.4 Å². The molecule has 0 spiro atoms. The number of hydrogen-bond acceptors (Lipinski definition) is 5. The summed E-state index contributed by atoms with van der Waals surface area (Å²) in [6, 6.07) is 10.8. The third-order valence-electron chi connectivity index (χ3n) is 4.00. The van der Waals surface area contributed by atoms with Crippen LogP contribution in [0.3, 0.4) is 0 Å². The molecule has 0 aliphatic carbocycles. The molecular weight excluding hydrogens is 330 g/mol. The Bertz CT molecular complexity index is 861. The lowest BCUT2D eigenvalue weighted by Gasteiger charge is -2.08. The van der Waals surface area contributed by atoms with E-state index >= 15 is 0 Å². The number of unbranched alkanes of at least 4 members (excludes halogenated alkanes) is 2. The Hall–Kier alpha value is -2.76. The Morgan fingerprint density at radius 2 is 1.58 bits per heavy atom. The minimum absolute atomic E-state index is 0.0840. The molecule has 0 saturated carbocycles. The second-order valence-corrected chi connectivity index (χ2v) is 6.19. The summed E-state index contributed by atoms with van der Waals surface area (Å²) >= 11 is 0. The van der Waals surface area contributed by atoms with Crippen molar-refractivity contribution in [2.24, 2.45) is 0 Å². The van der Waals surface area contributed by atoms with E-state index in [0.29, 0.717) is 24.7 Å². The second-order valence-electron chi connectivity index (χ2n) is 6.19. The van der Waals surface area contributed by atoms with Crippen molar-refractivity contribution in [1.82, 2.24) is 15.0 Å². The van der Waals surface area contributed by atoms with E-state index in [1.54, 1.807) is 12.1 Å². The van der Waals surface area contributed by atoms with E-state index in [2.05, 4.69) is 24.0 Å². The van der Waals surface area contributed by atoms with Crippen molar-refractivity contribution < 1.29 is 14.6 Å². The molecule has 0 aliphatic heterocycles. The van der Waals surface area contributed by atoms with Crippen molar-refractivity contribution in [2.75, 3.05) is 13.2 Å². The van der Waals surface area contributed by atoms with Crippen LogP contribution in [-0.2, 0) is 0 Å². The van der Waals surface area contributed by atoms with Crippen LogP contribution in [0.4, 0.5) is 0 Å². The van der Waals surface area contributed by atoms with Crippen LogP contribution < -0.4 is 9.47 Å². The van der Waals surface area contributed by atoms with E-state index in [1.807, 2.05) is 24.3 Å². The van der Waals surface area contributed by atoms with Gasteiger partial charge in [0.1, 0.15) is 34.0 Å². The number of rotatable bonds is 9. The molecule has 138 valence electrons. The molecule has 3 rings (SSSR count). The van der Waals surface area contributed by atoms with Gasteiger partial charge < -0.3 is 14.6 Å². The first kappa shape index (κ1) is 18.0. The predicted octanol–water partition coefficient (Wildman–Crippen LogP) is 4.48. The van der Waals surface area contributed by atoms with Crippen LogP contribution in [0.5, 0.6) is 17.2 Å². The molecule has 0 radical (unpaired) electrons. The van der Waals surface area contributed by atoms with Gasteiger partial charge in [0, 0.05) is 12.1 Å². The Labute approximate surface area is 153 Å². The maximum absolute atomic E-state index is 10.3. The van der Waals surface area contributed by atoms with Gasteiger partial charge in [0.2, 0.25) is 0 Å². The molecule has 1 aromatic heterocycles. The van der Waals surface area contributed by atoms with Crippen LogP contribution in [0.15, 0.2) is 36.4 Å². The first-order valence-corrected chi connectivity index (χ1v) is 9.17. The fourth-order valence-electron chi connectivity index (χ4n) is 2.62. The normalized spacial score (nSPS) is 11.0. The average molecular weight is 355 g/mol. The minimum Gasteiger partial charge on any atom is -0.505 e. The van der Waals surface area contributed by atoms with E-state index in [4.69, 9.17) is 9.47 Å². The molecule has 0 amide bonds. The van der Waals surface area contributed by atoms with E-state index in [-0.39, 0.29) is 5.75 Å². The van der Waals surface area contributed by atoms with Gasteiger partial charge in [0.25, 0.3) is 0 Å². The van der Waals surface area contributed by atoms with E-state index in [0.717, 1.165) is 42.5 Å². The summed E-state index contributed by atoms with van der Waals surface area (Å²) < 4.78 is 11.3. The SMILES string of the molecule is CCCCCOc1ccc(-n2nc3ccc(OCCC)cc3n2)c(O)c1. The second kappa shape index (κ2) is 8.56. The lowest BCUT2D eigenvalue weighted by atomic mass is 10.2. The smallest absolute Gasteiger partial charge is 0.146 e. The lowest BCUT2D eigenvalue weighted by Crippen LogP contribution is -2.01. The van der Waals surface area contributed by atoms with Gasteiger partial charge in [-0.15, -0.1) is 15.0 Å². The molecule has 0 unspecified atom stereocenters. The van der Waals surface area contributed by atoms with Gasteiger partial charge in [-0.25, -0.2) is 0 Å². The first-order valence-electron chi connectivity index (χ1n) is 9.17. The fourth-order valence-corrected chi connectivity index (χ4v) is 2.62. The summed E-state index contributed by atoms with van der Waals surface area (Å²) in [6.45, 7) is 5.53. The number of aromatic hydroxyl groups is 1. The highest BCUT2D eigenvalue weighted by Gasteiger charge is 2.11. The number of phenols is 1. The number of hydrogen-bond donors (Lipinski definition) is 1. The maximum Gasteiger partial charge on any atom is 0.146 e. The van der Waals surface area contributed by atoms with E-state index < -0.39 is 0 Å². The van der Waals surface area contributed by atoms with Crippen LogP contribution in [0, 0.1) is 0 Å². The standard InChI is InChI=1S/C20H25N3O3/c1-3-5-6-12-26-16-8-10-19(20(24)14-16)23-21-17-9-7-15(25-11-4-2)13-18(17)22-23/h7-10,13-14,24H,3-6,11-12H2,1-2H3. The summed E-state index contributed by atoms with van der Waals surface area (Å²) in [4.78, 5) is 1.43. The van der Waals surface area contributed by atoms with Gasteiger partial charge in [-0.2, -0.15) is 0 Å². The van der Waals surface area contributed by atoms with Crippen molar-refractivity contribution in [3.05, 3.63) is 36.4 Å². The summed E-state index contributed by atoms with van der Waals surface area (Å²) in [5.74, 6) is 1.50. The van der Waals surface area contributed by atoms with Crippen molar-refractivity contribution in [2.45, 2.75) is 39.5 Å². The molecule has 6 heteroatoms. The third-order valence-corrected chi connectivity index (χ3v) is 4.00. The molecule has 0 aliphatic rings. The first-order chi connectivity index (χ1) is 12.7. The third kappa shape index (κ3) is 4.25. The van der Waals surface area contributed by atoms with Crippen LogP contribution >= 0.6 is 0 Å². The van der Waals surface area contributed by atoms with Crippen LogP contribution in [0.1, 0.15) is 39.5 Å². The lowest BCUT2D eigenvalue weighted by molar-refractivity contribution is 0.304. The molecule has 1 heterocycles. The number of aromatic nitrogens is 3. The quantitative estimate of drug-likeness (QED) is 0.573. The van der Waals surface area contributed by atoms with Gasteiger partial charge in [-0.1, -0.05) is 26.7 Å². The van der Waals surface area contributed by atoms with Crippen LogP contribution in [0.2, 0.25) is 0 Å². The van der Waals surface area contributed by atoms with Gasteiger partial charge in [-0.05, 0) is 37.1 Å². The Morgan fingerprint density at radius 3 is 2.35 bits per heavy atom. The number of fused-ring (bicyclic) bond motifs is 1.